The van der Waals surface area contributed by atoms with Crippen LogP contribution in [0.5, 0.6) is 0 Å². The van der Waals surface area contributed by atoms with Crippen molar-refractivity contribution in [3.05, 3.63) is 109 Å². The van der Waals surface area contributed by atoms with Crippen molar-refractivity contribution in [1.29, 1.82) is 0 Å². The fourth-order valence-corrected chi connectivity index (χ4v) is 3.49. The number of amides is 2. The average molecular weight is 455 g/mol. The molecule has 0 aliphatic heterocycles. The molecule has 2 amide bonds. The molecule has 3 aromatic heterocycles. The van der Waals surface area contributed by atoms with Crippen LogP contribution in [0.4, 0.5) is 10.1 Å². The maximum absolute atomic E-state index is 13.4. The van der Waals surface area contributed by atoms with Crippen molar-refractivity contribution in [2.75, 3.05) is 5.32 Å². The third-order valence-corrected chi connectivity index (χ3v) is 5.14. The molecule has 0 atom stereocenters. The Balaban J connectivity index is 1.42. The van der Waals surface area contributed by atoms with E-state index in [1.807, 2.05) is 12.1 Å². The SMILES string of the molecule is NC(=O)c1ccn(-c2ccc(NC(=O)c3cnn(-c4ccc(F)cc4)c3-n3cccc3)cc2)n1. The molecule has 0 unspecified atom stereocenters. The van der Waals surface area contributed by atoms with Crippen molar-refractivity contribution in [2.24, 2.45) is 5.73 Å². The van der Waals surface area contributed by atoms with Gasteiger partial charge in [-0.15, -0.1) is 0 Å². The largest absolute Gasteiger partial charge is 0.364 e. The topological polar surface area (TPSA) is 113 Å². The highest BCUT2D eigenvalue weighted by atomic mass is 19.1. The first-order valence-corrected chi connectivity index (χ1v) is 10.2. The van der Waals surface area contributed by atoms with Crippen LogP contribution >= 0.6 is 0 Å². The van der Waals surface area contributed by atoms with Gasteiger partial charge in [-0.25, -0.2) is 13.8 Å². The number of nitrogens with one attached hydrogen (secondary N) is 1. The van der Waals surface area contributed by atoms with E-state index in [0.717, 1.165) is 0 Å². The quantitative estimate of drug-likeness (QED) is 0.409. The van der Waals surface area contributed by atoms with Crippen molar-refractivity contribution < 1.29 is 14.0 Å². The first-order chi connectivity index (χ1) is 16.5. The highest BCUT2D eigenvalue weighted by Crippen LogP contribution is 2.22. The predicted octanol–water partition coefficient (Wildman–Crippen LogP) is 3.34. The lowest BCUT2D eigenvalue weighted by molar-refractivity contribution is 0.0993. The van der Waals surface area contributed by atoms with Crippen molar-refractivity contribution >= 4 is 17.5 Å². The van der Waals surface area contributed by atoms with Crippen LogP contribution in [0.25, 0.3) is 17.2 Å². The molecule has 0 spiro atoms. The summed E-state index contributed by atoms with van der Waals surface area (Å²) >= 11 is 0. The molecule has 0 fully saturated rings. The molecule has 0 saturated carbocycles. The van der Waals surface area contributed by atoms with Gasteiger partial charge in [0.25, 0.3) is 11.8 Å². The van der Waals surface area contributed by atoms with Crippen LogP contribution in [0.1, 0.15) is 20.8 Å². The fourth-order valence-electron chi connectivity index (χ4n) is 3.49. The summed E-state index contributed by atoms with van der Waals surface area (Å²) < 4.78 is 18.3. The Kier molecular flexibility index (Phi) is 5.23. The van der Waals surface area contributed by atoms with Gasteiger partial charge in [-0.05, 0) is 66.7 Å². The Hall–Kier alpha value is -4.99. The van der Waals surface area contributed by atoms with Gasteiger partial charge in [0.05, 0.1) is 17.6 Å². The van der Waals surface area contributed by atoms with Crippen LogP contribution < -0.4 is 11.1 Å². The first-order valence-electron chi connectivity index (χ1n) is 10.2. The Bertz CT molecular complexity index is 1470. The molecular formula is C24H18FN7O2. The Labute approximate surface area is 192 Å². The van der Waals surface area contributed by atoms with Gasteiger partial charge in [-0.2, -0.15) is 10.2 Å². The number of nitrogens with two attached hydrogens (primary N) is 1. The summed E-state index contributed by atoms with van der Waals surface area (Å²) in [6.45, 7) is 0. The highest BCUT2D eigenvalue weighted by Gasteiger charge is 2.20. The molecule has 0 radical (unpaired) electrons. The molecule has 10 heteroatoms. The number of carbonyl (C=O) groups is 2. The van der Waals surface area contributed by atoms with Gasteiger partial charge in [0, 0.05) is 24.3 Å². The highest BCUT2D eigenvalue weighted by molar-refractivity contribution is 6.06. The Morgan fingerprint density at radius 2 is 1.56 bits per heavy atom. The molecule has 5 aromatic rings. The second-order valence-corrected chi connectivity index (χ2v) is 7.37. The number of primary amides is 1. The third-order valence-electron chi connectivity index (χ3n) is 5.14. The van der Waals surface area contributed by atoms with Gasteiger partial charge < -0.3 is 15.6 Å². The monoisotopic (exact) mass is 455 g/mol. The Morgan fingerprint density at radius 1 is 0.882 bits per heavy atom. The van der Waals surface area contributed by atoms with Gasteiger partial charge in [0.15, 0.2) is 5.82 Å². The maximum Gasteiger partial charge on any atom is 0.269 e. The lowest BCUT2D eigenvalue weighted by atomic mass is 10.2. The minimum Gasteiger partial charge on any atom is -0.364 e. The lowest BCUT2D eigenvalue weighted by Crippen LogP contribution is -2.15. The number of aromatic nitrogens is 5. The number of rotatable bonds is 6. The zero-order chi connectivity index (χ0) is 23.7. The smallest absolute Gasteiger partial charge is 0.269 e. The minimum atomic E-state index is -0.609. The van der Waals surface area contributed by atoms with Crippen LogP contribution in [0.3, 0.4) is 0 Å². The molecule has 168 valence electrons. The second-order valence-electron chi connectivity index (χ2n) is 7.37. The van der Waals surface area contributed by atoms with E-state index in [9.17, 15) is 14.0 Å². The summed E-state index contributed by atoms with van der Waals surface area (Å²) in [5.41, 5.74) is 7.61. The molecule has 0 aliphatic carbocycles. The molecule has 2 aromatic carbocycles. The van der Waals surface area contributed by atoms with E-state index < -0.39 is 5.91 Å². The number of hydrogen-bond donors (Lipinski definition) is 2. The third kappa shape index (κ3) is 3.95. The number of halogens is 1. The van der Waals surface area contributed by atoms with Crippen LogP contribution in [-0.4, -0.2) is 35.9 Å². The molecule has 0 saturated heterocycles. The second kappa shape index (κ2) is 8.51. The lowest BCUT2D eigenvalue weighted by Gasteiger charge is -2.11. The van der Waals surface area contributed by atoms with E-state index in [0.29, 0.717) is 28.4 Å². The summed E-state index contributed by atoms with van der Waals surface area (Å²) in [4.78, 5) is 24.4. The summed E-state index contributed by atoms with van der Waals surface area (Å²) in [7, 11) is 0. The van der Waals surface area contributed by atoms with Crippen molar-refractivity contribution in [3.8, 4) is 17.2 Å². The predicted molar refractivity (Wildman–Crippen MR) is 123 cm³/mol. The summed E-state index contributed by atoms with van der Waals surface area (Å²) in [6, 6.07) is 18.0. The van der Waals surface area contributed by atoms with Crippen LogP contribution in [0, 0.1) is 5.82 Å². The summed E-state index contributed by atoms with van der Waals surface area (Å²) in [5, 5.41) is 11.3. The van der Waals surface area contributed by atoms with Gasteiger partial charge in [-0.3, -0.25) is 9.59 Å². The standard InChI is InChI=1S/C24H18FN7O2/c25-16-3-7-19(8-4-16)32-24(30-12-1-2-13-30)20(15-27-32)23(34)28-17-5-9-18(10-6-17)31-14-11-21(29-31)22(26)33/h1-15H,(H2,26,33)(H,28,34). The molecule has 3 heterocycles. The van der Waals surface area contributed by atoms with Crippen molar-refractivity contribution in [1.82, 2.24) is 24.1 Å². The van der Waals surface area contributed by atoms with Gasteiger partial charge in [0.1, 0.15) is 17.1 Å². The van der Waals surface area contributed by atoms with Crippen molar-refractivity contribution in [2.45, 2.75) is 0 Å². The first kappa shape index (κ1) is 20.9. The Morgan fingerprint density at radius 3 is 2.21 bits per heavy atom. The van der Waals surface area contributed by atoms with Crippen molar-refractivity contribution in [3.63, 3.8) is 0 Å². The average Bonchev–Trinajstić information content (AvgIpc) is 3.60. The molecule has 0 bridgehead atoms. The van der Waals surface area contributed by atoms with E-state index in [1.165, 1.54) is 29.1 Å². The minimum absolute atomic E-state index is 0.160. The number of benzene rings is 2. The molecule has 3 N–H and O–H groups in total. The molecule has 9 nitrogen and oxygen atoms in total. The van der Waals surface area contributed by atoms with Gasteiger partial charge >= 0.3 is 0 Å². The van der Waals surface area contributed by atoms with E-state index in [1.54, 1.807) is 64.2 Å². The molecule has 34 heavy (non-hydrogen) atoms. The zero-order valence-corrected chi connectivity index (χ0v) is 17.7. The molecule has 5 rings (SSSR count). The zero-order valence-electron chi connectivity index (χ0n) is 17.7. The summed E-state index contributed by atoms with van der Waals surface area (Å²) in [5.74, 6) is -0.815. The van der Waals surface area contributed by atoms with Gasteiger partial charge in [0.2, 0.25) is 0 Å². The number of carbonyl (C=O) groups excluding carboxylic acids is 2. The van der Waals surface area contributed by atoms with Gasteiger partial charge in [-0.1, -0.05) is 0 Å². The van der Waals surface area contributed by atoms with Crippen LogP contribution in [0.15, 0.2) is 91.5 Å². The number of anilines is 1. The van der Waals surface area contributed by atoms with E-state index >= 15 is 0 Å². The molecule has 0 aliphatic rings. The van der Waals surface area contributed by atoms with Crippen LogP contribution in [0.2, 0.25) is 0 Å². The van der Waals surface area contributed by atoms with Crippen LogP contribution in [-0.2, 0) is 0 Å². The normalized spacial score (nSPS) is 10.9. The van der Waals surface area contributed by atoms with E-state index in [4.69, 9.17) is 5.73 Å². The summed E-state index contributed by atoms with van der Waals surface area (Å²) in [6.07, 6.45) is 6.69. The maximum atomic E-state index is 13.4. The number of nitrogens with zero attached hydrogens (tertiary/aromatic N) is 5. The number of hydrogen-bond acceptors (Lipinski definition) is 4. The van der Waals surface area contributed by atoms with E-state index in [-0.39, 0.29) is 17.4 Å². The molecular weight excluding hydrogens is 437 g/mol. The van der Waals surface area contributed by atoms with E-state index in [2.05, 4.69) is 15.5 Å². The fraction of sp³-hybridized carbons (Fsp3) is 0.